The van der Waals surface area contributed by atoms with Crippen LogP contribution in [-0.2, 0) is 0 Å². The molecule has 1 aromatic heterocycles. The second-order valence-electron chi connectivity index (χ2n) is 6.73. The molecule has 1 heterocycles. The molecule has 0 spiro atoms. The van der Waals surface area contributed by atoms with E-state index >= 15 is 0 Å². The molecule has 136 valence electrons. The van der Waals surface area contributed by atoms with Gasteiger partial charge in [-0.15, -0.1) is 0 Å². The maximum absolute atomic E-state index is 9.80. The number of nitriles is 1. The molecule has 0 fully saturated rings. The lowest BCUT2D eigenvalue weighted by Gasteiger charge is -2.15. The number of hydrogen-bond donors (Lipinski definition) is 0. The van der Waals surface area contributed by atoms with Gasteiger partial charge in [0.2, 0.25) is 5.88 Å². The van der Waals surface area contributed by atoms with Gasteiger partial charge in [-0.1, -0.05) is 60.2 Å². The third-order valence-electron chi connectivity index (χ3n) is 4.31. The second kappa shape index (κ2) is 8.48. The number of benzene rings is 2. The van der Waals surface area contributed by atoms with Gasteiger partial charge in [-0.05, 0) is 32.6 Å². The van der Waals surface area contributed by atoms with Gasteiger partial charge in [0.1, 0.15) is 18.2 Å². The molecule has 0 saturated heterocycles. The lowest BCUT2D eigenvalue weighted by Crippen LogP contribution is -2.20. The molecule has 0 unspecified atom stereocenters. The van der Waals surface area contributed by atoms with Gasteiger partial charge in [0.25, 0.3) is 0 Å². The third-order valence-corrected chi connectivity index (χ3v) is 4.31. The summed E-state index contributed by atoms with van der Waals surface area (Å²) in [5.41, 5.74) is 5.26. The van der Waals surface area contributed by atoms with Crippen LogP contribution in [0, 0.1) is 18.3 Å². The van der Waals surface area contributed by atoms with Gasteiger partial charge < -0.3 is 9.64 Å². The topological polar surface area (TPSA) is 49.1 Å². The molecular weight excluding hydrogens is 334 g/mol. The highest BCUT2D eigenvalue weighted by molar-refractivity contribution is 5.77. The molecule has 0 atom stereocenters. The highest BCUT2D eigenvalue weighted by atomic mass is 16.5. The van der Waals surface area contributed by atoms with Crippen LogP contribution in [0.1, 0.15) is 11.1 Å². The minimum Gasteiger partial charge on any atom is -0.475 e. The molecule has 0 aliphatic carbocycles. The minimum atomic E-state index is 0.385. The van der Waals surface area contributed by atoms with E-state index in [-0.39, 0.29) is 0 Å². The zero-order valence-electron chi connectivity index (χ0n) is 15.9. The fourth-order valence-corrected chi connectivity index (χ4v) is 2.78. The first-order chi connectivity index (χ1) is 13.1. The van der Waals surface area contributed by atoms with Crippen molar-refractivity contribution in [3.63, 3.8) is 0 Å². The SMILES string of the molecule is Cc1ccc(-c2cc(-c3ccccc3)nc(OCCN(C)C)c2C#N)cc1. The van der Waals surface area contributed by atoms with E-state index < -0.39 is 0 Å². The highest BCUT2D eigenvalue weighted by Crippen LogP contribution is 2.33. The molecule has 4 nitrogen and oxygen atoms in total. The van der Waals surface area contributed by atoms with Gasteiger partial charge in [0, 0.05) is 17.7 Å². The lowest BCUT2D eigenvalue weighted by atomic mass is 9.98. The summed E-state index contributed by atoms with van der Waals surface area (Å²) in [7, 11) is 3.97. The van der Waals surface area contributed by atoms with E-state index in [2.05, 4.69) is 11.1 Å². The van der Waals surface area contributed by atoms with E-state index in [9.17, 15) is 5.26 Å². The minimum absolute atomic E-state index is 0.385. The summed E-state index contributed by atoms with van der Waals surface area (Å²) in [6.07, 6.45) is 0. The largest absolute Gasteiger partial charge is 0.475 e. The fraction of sp³-hybridized carbons (Fsp3) is 0.217. The molecule has 0 aliphatic heterocycles. The Labute approximate surface area is 160 Å². The van der Waals surface area contributed by atoms with E-state index in [1.165, 1.54) is 5.56 Å². The quantitative estimate of drug-likeness (QED) is 0.650. The first-order valence-electron chi connectivity index (χ1n) is 8.93. The molecule has 3 rings (SSSR count). The van der Waals surface area contributed by atoms with Crippen molar-refractivity contribution in [1.82, 2.24) is 9.88 Å². The summed E-state index contributed by atoms with van der Waals surface area (Å²) in [5.74, 6) is 0.385. The van der Waals surface area contributed by atoms with Crippen LogP contribution >= 0.6 is 0 Å². The van der Waals surface area contributed by atoms with Crippen molar-refractivity contribution in [2.45, 2.75) is 6.92 Å². The van der Waals surface area contributed by atoms with Crippen LogP contribution in [0.25, 0.3) is 22.4 Å². The van der Waals surface area contributed by atoms with Crippen molar-refractivity contribution < 1.29 is 4.74 Å². The van der Waals surface area contributed by atoms with Gasteiger partial charge >= 0.3 is 0 Å². The summed E-state index contributed by atoms with van der Waals surface area (Å²) in [4.78, 5) is 6.69. The lowest BCUT2D eigenvalue weighted by molar-refractivity contribution is 0.253. The first kappa shape index (κ1) is 18.6. The molecule has 2 aromatic carbocycles. The Bertz CT molecular complexity index is 942. The zero-order chi connectivity index (χ0) is 19.2. The number of aromatic nitrogens is 1. The summed E-state index contributed by atoms with van der Waals surface area (Å²) < 4.78 is 5.91. The number of likely N-dealkylation sites (N-methyl/N-ethyl adjacent to an activating group) is 1. The fourth-order valence-electron chi connectivity index (χ4n) is 2.78. The molecule has 3 aromatic rings. The van der Waals surface area contributed by atoms with Crippen LogP contribution in [0.3, 0.4) is 0 Å². The average molecular weight is 357 g/mol. The average Bonchev–Trinajstić information content (AvgIpc) is 2.68. The summed E-state index contributed by atoms with van der Waals surface area (Å²) in [6.45, 7) is 3.27. The van der Waals surface area contributed by atoms with Crippen molar-refractivity contribution in [3.05, 3.63) is 71.8 Å². The van der Waals surface area contributed by atoms with Gasteiger partial charge in [-0.25, -0.2) is 4.98 Å². The molecule has 0 amide bonds. The molecule has 0 N–H and O–H groups in total. The molecule has 4 heteroatoms. The molecular formula is C23H23N3O. The van der Waals surface area contributed by atoms with Crippen LogP contribution in [0.15, 0.2) is 60.7 Å². The van der Waals surface area contributed by atoms with Crippen LogP contribution < -0.4 is 4.74 Å². The van der Waals surface area contributed by atoms with E-state index in [1.807, 2.05) is 86.6 Å². The molecule has 0 saturated carbocycles. The van der Waals surface area contributed by atoms with E-state index in [0.29, 0.717) is 18.1 Å². The standard InChI is InChI=1S/C23H23N3O/c1-17-9-11-18(12-10-17)20-15-22(19-7-5-4-6-8-19)25-23(21(20)16-24)27-14-13-26(2)3/h4-12,15H,13-14H2,1-3H3. The Hall–Kier alpha value is -3.16. The number of aryl methyl sites for hydroxylation is 1. The Morgan fingerprint density at radius 1 is 1.00 bits per heavy atom. The number of nitrogens with zero attached hydrogens (tertiary/aromatic N) is 3. The molecule has 0 bridgehead atoms. The normalized spacial score (nSPS) is 10.6. The predicted molar refractivity (Wildman–Crippen MR) is 109 cm³/mol. The van der Waals surface area contributed by atoms with Crippen LogP contribution in [0.2, 0.25) is 0 Å². The smallest absolute Gasteiger partial charge is 0.232 e. The Kier molecular flexibility index (Phi) is 5.85. The maximum atomic E-state index is 9.80. The predicted octanol–water partition coefficient (Wildman–Crippen LogP) is 4.54. The summed E-state index contributed by atoms with van der Waals surface area (Å²) in [6, 6.07) is 22.4. The Morgan fingerprint density at radius 3 is 2.33 bits per heavy atom. The number of hydrogen-bond acceptors (Lipinski definition) is 4. The van der Waals surface area contributed by atoms with Crippen molar-refractivity contribution in [2.75, 3.05) is 27.2 Å². The van der Waals surface area contributed by atoms with Gasteiger partial charge in [0.15, 0.2) is 0 Å². The first-order valence-corrected chi connectivity index (χ1v) is 8.93. The van der Waals surface area contributed by atoms with Crippen LogP contribution in [-0.4, -0.2) is 37.1 Å². The molecule has 0 radical (unpaired) electrons. The maximum Gasteiger partial charge on any atom is 0.232 e. The van der Waals surface area contributed by atoms with Gasteiger partial charge in [-0.3, -0.25) is 0 Å². The van der Waals surface area contributed by atoms with Crippen LogP contribution in [0.4, 0.5) is 0 Å². The Morgan fingerprint density at radius 2 is 1.70 bits per heavy atom. The van der Waals surface area contributed by atoms with E-state index in [1.54, 1.807) is 0 Å². The second-order valence-corrected chi connectivity index (χ2v) is 6.73. The third kappa shape index (κ3) is 4.52. The number of pyridine rings is 1. The van der Waals surface area contributed by atoms with Crippen molar-refractivity contribution in [1.29, 1.82) is 5.26 Å². The van der Waals surface area contributed by atoms with Gasteiger partial charge in [0.05, 0.1) is 5.69 Å². The molecule has 27 heavy (non-hydrogen) atoms. The van der Waals surface area contributed by atoms with Gasteiger partial charge in [-0.2, -0.15) is 5.26 Å². The summed E-state index contributed by atoms with van der Waals surface area (Å²) in [5, 5.41) is 9.80. The van der Waals surface area contributed by atoms with Crippen LogP contribution in [0.5, 0.6) is 5.88 Å². The van der Waals surface area contributed by atoms with Crippen molar-refractivity contribution in [3.8, 4) is 34.3 Å². The highest BCUT2D eigenvalue weighted by Gasteiger charge is 2.16. The Balaban J connectivity index is 2.12. The van der Waals surface area contributed by atoms with E-state index in [0.717, 1.165) is 28.9 Å². The molecule has 0 aliphatic rings. The van der Waals surface area contributed by atoms with Crippen molar-refractivity contribution in [2.24, 2.45) is 0 Å². The summed E-state index contributed by atoms with van der Waals surface area (Å²) >= 11 is 0. The zero-order valence-corrected chi connectivity index (χ0v) is 15.9. The van der Waals surface area contributed by atoms with Crippen molar-refractivity contribution >= 4 is 0 Å². The monoisotopic (exact) mass is 357 g/mol. The number of ether oxygens (including phenoxy) is 1. The van der Waals surface area contributed by atoms with E-state index in [4.69, 9.17) is 4.74 Å². The number of rotatable bonds is 6.